The fourth-order valence-corrected chi connectivity index (χ4v) is 4.33. The van der Waals surface area contributed by atoms with E-state index in [1.54, 1.807) is 23.9 Å². The highest BCUT2D eigenvalue weighted by Gasteiger charge is 2.39. The molecule has 0 unspecified atom stereocenters. The number of methoxy groups -OCH3 is 1. The number of hydrogen-bond donors (Lipinski definition) is 0. The molecule has 0 aliphatic heterocycles. The summed E-state index contributed by atoms with van der Waals surface area (Å²) in [7, 11) is 1.51. The Morgan fingerprint density at radius 2 is 1.95 bits per heavy atom. The second kappa shape index (κ2) is 7.84. The normalized spacial score (nSPS) is 22.0. The molecule has 3 nitrogen and oxygen atoms in total. The average Bonchev–Trinajstić information content (AvgIpc) is 2.46. The van der Waals surface area contributed by atoms with Gasteiger partial charge in [0.1, 0.15) is 23.2 Å². The third kappa shape index (κ3) is 3.87. The minimum absolute atomic E-state index is 0.0510. The molecule has 2 rings (SSSR count). The van der Waals surface area contributed by atoms with Gasteiger partial charge in [0.25, 0.3) is 0 Å². The van der Waals surface area contributed by atoms with Crippen LogP contribution in [0.25, 0.3) is 0 Å². The van der Waals surface area contributed by atoms with Crippen LogP contribution in [0.4, 0.5) is 0 Å². The van der Waals surface area contributed by atoms with Gasteiger partial charge in [0.2, 0.25) is 0 Å². The largest absolute Gasteiger partial charge is 0.496 e. The van der Waals surface area contributed by atoms with Crippen molar-refractivity contribution in [1.29, 1.82) is 0 Å². The van der Waals surface area contributed by atoms with Crippen LogP contribution in [0.5, 0.6) is 5.75 Å². The van der Waals surface area contributed by atoms with Gasteiger partial charge in [-0.1, -0.05) is 27.5 Å². The van der Waals surface area contributed by atoms with Crippen molar-refractivity contribution in [2.45, 2.75) is 25.2 Å². The average molecular weight is 406 g/mol. The lowest BCUT2D eigenvalue weighted by Gasteiger charge is -2.28. The van der Waals surface area contributed by atoms with Gasteiger partial charge in [-0.3, -0.25) is 9.59 Å². The summed E-state index contributed by atoms with van der Waals surface area (Å²) >= 11 is 11.4. The van der Waals surface area contributed by atoms with Crippen molar-refractivity contribution < 1.29 is 14.3 Å². The van der Waals surface area contributed by atoms with Crippen molar-refractivity contribution in [3.63, 3.8) is 0 Å². The number of Topliss-reactive ketones (excluding diaryl/α,β-unsaturated/α-hetero) is 2. The Morgan fingerprint density at radius 1 is 1.32 bits per heavy atom. The molecule has 6 heteroatoms. The number of thioether (sulfide) groups is 1. The summed E-state index contributed by atoms with van der Waals surface area (Å²) in [4.78, 5) is 25.1. The standard InChI is InChI=1S/C16H18BrClO3S/c1-21-14-8-10(17)7-11(18)15(14)16-12(19)5-9(3-4-22-2)6-13(16)20/h7-9,16H,3-6H2,1-2H3. The number of halogens is 2. The van der Waals surface area contributed by atoms with E-state index in [2.05, 4.69) is 15.9 Å². The van der Waals surface area contributed by atoms with Crippen LogP contribution in [0.15, 0.2) is 16.6 Å². The highest BCUT2D eigenvalue weighted by molar-refractivity contribution is 9.10. The molecule has 1 saturated carbocycles. The number of ether oxygens (including phenoxy) is 1. The first-order chi connectivity index (χ1) is 10.5. The van der Waals surface area contributed by atoms with E-state index in [0.717, 1.165) is 16.6 Å². The molecule has 22 heavy (non-hydrogen) atoms. The minimum Gasteiger partial charge on any atom is -0.496 e. The minimum atomic E-state index is -0.791. The Balaban J connectivity index is 2.30. The zero-order valence-corrected chi connectivity index (χ0v) is 15.7. The summed E-state index contributed by atoms with van der Waals surface area (Å²) in [5.74, 6) is 0.714. The van der Waals surface area contributed by atoms with Gasteiger partial charge >= 0.3 is 0 Å². The highest BCUT2D eigenvalue weighted by Crippen LogP contribution is 2.41. The number of carbonyl (C=O) groups is 2. The van der Waals surface area contributed by atoms with Crippen molar-refractivity contribution >= 4 is 50.9 Å². The first kappa shape index (κ1) is 17.8. The van der Waals surface area contributed by atoms with Crippen molar-refractivity contribution in [2.75, 3.05) is 19.1 Å². The van der Waals surface area contributed by atoms with Crippen LogP contribution in [-0.2, 0) is 9.59 Å². The van der Waals surface area contributed by atoms with E-state index < -0.39 is 5.92 Å². The fraction of sp³-hybridized carbons (Fsp3) is 0.500. The number of carbonyl (C=O) groups excluding carboxylic acids is 2. The Kier molecular flexibility index (Phi) is 6.36. The molecule has 1 aromatic carbocycles. The zero-order valence-electron chi connectivity index (χ0n) is 12.5. The molecule has 1 aliphatic carbocycles. The van der Waals surface area contributed by atoms with Crippen LogP contribution in [0.3, 0.4) is 0 Å². The summed E-state index contributed by atoms with van der Waals surface area (Å²) in [6, 6.07) is 3.43. The zero-order chi connectivity index (χ0) is 16.3. The van der Waals surface area contributed by atoms with Gasteiger partial charge in [0.15, 0.2) is 0 Å². The molecule has 0 N–H and O–H groups in total. The summed E-state index contributed by atoms with van der Waals surface area (Å²) in [5, 5.41) is 0.389. The topological polar surface area (TPSA) is 43.4 Å². The van der Waals surface area contributed by atoms with Gasteiger partial charge < -0.3 is 4.74 Å². The number of ketones is 2. The van der Waals surface area contributed by atoms with Crippen LogP contribution in [-0.4, -0.2) is 30.7 Å². The maximum absolute atomic E-state index is 12.5. The van der Waals surface area contributed by atoms with Crippen molar-refractivity contribution in [2.24, 2.45) is 5.92 Å². The van der Waals surface area contributed by atoms with E-state index in [-0.39, 0.29) is 17.5 Å². The van der Waals surface area contributed by atoms with Crippen LogP contribution < -0.4 is 4.74 Å². The maximum Gasteiger partial charge on any atom is 0.148 e. The molecular weight excluding hydrogens is 388 g/mol. The van der Waals surface area contributed by atoms with E-state index in [1.165, 1.54) is 7.11 Å². The predicted octanol–water partition coefficient (Wildman–Crippen LogP) is 4.50. The van der Waals surface area contributed by atoms with E-state index in [9.17, 15) is 9.59 Å². The van der Waals surface area contributed by atoms with E-state index in [0.29, 0.717) is 29.2 Å². The van der Waals surface area contributed by atoms with Crippen LogP contribution >= 0.6 is 39.3 Å². The van der Waals surface area contributed by atoms with Gasteiger partial charge in [-0.05, 0) is 36.5 Å². The third-order valence-corrected chi connectivity index (χ3v) is 5.33. The quantitative estimate of drug-likeness (QED) is 0.677. The lowest BCUT2D eigenvalue weighted by Crippen LogP contribution is -2.32. The Hall–Kier alpha value is -0.520. The van der Waals surface area contributed by atoms with Gasteiger partial charge in [0.05, 0.1) is 7.11 Å². The van der Waals surface area contributed by atoms with Crippen molar-refractivity contribution in [3.05, 3.63) is 27.2 Å². The van der Waals surface area contributed by atoms with Crippen LogP contribution in [0, 0.1) is 5.92 Å². The van der Waals surface area contributed by atoms with Gasteiger partial charge in [-0.15, -0.1) is 0 Å². The van der Waals surface area contributed by atoms with E-state index in [1.807, 2.05) is 6.26 Å². The summed E-state index contributed by atoms with van der Waals surface area (Å²) < 4.78 is 6.08. The summed E-state index contributed by atoms with van der Waals surface area (Å²) in [5.41, 5.74) is 0.505. The Morgan fingerprint density at radius 3 is 2.50 bits per heavy atom. The molecule has 0 spiro atoms. The fourth-order valence-electron chi connectivity index (χ4n) is 2.88. The van der Waals surface area contributed by atoms with Gasteiger partial charge in [0, 0.05) is 27.9 Å². The van der Waals surface area contributed by atoms with Gasteiger partial charge in [-0.25, -0.2) is 0 Å². The Labute approximate surface area is 148 Å². The molecule has 0 heterocycles. The maximum atomic E-state index is 12.5. The van der Waals surface area contributed by atoms with Crippen molar-refractivity contribution in [3.8, 4) is 5.75 Å². The molecule has 0 amide bonds. The number of hydrogen-bond acceptors (Lipinski definition) is 4. The second-order valence-electron chi connectivity index (χ2n) is 5.42. The monoisotopic (exact) mass is 404 g/mol. The smallest absolute Gasteiger partial charge is 0.148 e. The molecule has 0 saturated heterocycles. The molecular formula is C16H18BrClO3S. The van der Waals surface area contributed by atoms with Gasteiger partial charge in [-0.2, -0.15) is 11.8 Å². The molecule has 1 aromatic rings. The van der Waals surface area contributed by atoms with E-state index >= 15 is 0 Å². The molecule has 0 aromatic heterocycles. The lowest BCUT2D eigenvalue weighted by atomic mass is 9.75. The molecule has 1 fully saturated rings. The molecule has 120 valence electrons. The second-order valence-corrected chi connectivity index (χ2v) is 7.73. The van der Waals surface area contributed by atoms with Crippen molar-refractivity contribution in [1.82, 2.24) is 0 Å². The molecule has 0 atom stereocenters. The molecule has 0 radical (unpaired) electrons. The first-order valence-corrected chi connectivity index (χ1v) is 9.61. The highest BCUT2D eigenvalue weighted by atomic mass is 79.9. The van der Waals surface area contributed by atoms with Crippen LogP contribution in [0.2, 0.25) is 5.02 Å². The number of benzene rings is 1. The third-order valence-electron chi connectivity index (χ3n) is 3.92. The summed E-state index contributed by atoms with van der Waals surface area (Å²) in [6.07, 6.45) is 3.80. The Bertz CT molecular complexity index is 573. The predicted molar refractivity (Wildman–Crippen MR) is 94.2 cm³/mol. The molecule has 1 aliphatic rings. The first-order valence-electron chi connectivity index (χ1n) is 7.05. The summed E-state index contributed by atoms with van der Waals surface area (Å²) in [6.45, 7) is 0. The van der Waals surface area contributed by atoms with Crippen LogP contribution in [0.1, 0.15) is 30.7 Å². The lowest BCUT2D eigenvalue weighted by molar-refractivity contribution is -0.133. The SMILES string of the molecule is COc1cc(Br)cc(Cl)c1C1C(=O)CC(CCSC)CC1=O. The number of rotatable bonds is 5. The molecule has 0 bridgehead atoms. The van der Waals surface area contributed by atoms with E-state index in [4.69, 9.17) is 16.3 Å².